The van der Waals surface area contributed by atoms with Crippen molar-refractivity contribution in [3.05, 3.63) is 101 Å². The number of carbonyl (C=O) groups excluding carboxylic acids is 2. The number of para-hydroxylation sites is 1. The molecule has 0 aliphatic rings. The lowest BCUT2D eigenvalue weighted by Gasteiger charge is -2.19. The minimum atomic E-state index is -0.273. The van der Waals surface area contributed by atoms with Crippen LogP contribution in [-0.4, -0.2) is 23.8 Å². The lowest BCUT2D eigenvalue weighted by Crippen LogP contribution is -2.27. The van der Waals surface area contributed by atoms with E-state index in [2.05, 4.69) is 11.4 Å². The standard InChI is InChI=1S/C23H19N3O2/c1-26(16-18-9-7-8-17(14-18)15-24)23(28)20-12-5-6-13-21(20)25-22(27)19-10-3-2-4-11-19/h2-14H,16H2,1H3,(H,25,27). The summed E-state index contributed by atoms with van der Waals surface area (Å²) < 4.78 is 0. The molecule has 0 bridgehead atoms. The Labute approximate surface area is 163 Å². The van der Waals surface area contributed by atoms with Crippen molar-refractivity contribution in [1.29, 1.82) is 5.26 Å². The first-order valence-electron chi connectivity index (χ1n) is 8.78. The van der Waals surface area contributed by atoms with Gasteiger partial charge in [0.25, 0.3) is 11.8 Å². The van der Waals surface area contributed by atoms with E-state index in [4.69, 9.17) is 5.26 Å². The molecule has 3 aromatic rings. The van der Waals surface area contributed by atoms with E-state index >= 15 is 0 Å². The third-order valence-electron chi connectivity index (χ3n) is 4.26. The van der Waals surface area contributed by atoms with Crippen LogP contribution in [0, 0.1) is 11.3 Å². The molecule has 138 valence electrons. The summed E-state index contributed by atoms with van der Waals surface area (Å²) >= 11 is 0. The molecule has 0 saturated carbocycles. The second-order valence-electron chi connectivity index (χ2n) is 6.34. The van der Waals surface area contributed by atoms with Crippen molar-refractivity contribution in [2.45, 2.75) is 6.54 Å². The van der Waals surface area contributed by atoms with Crippen LogP contribution in [0.3, 0.4) is 0 Å². The average molecular weight is 369 g/mol. The van der Waals surface area contributed by atoms with Crippen LogP contribution in [0.5, 0.6) is 0 Å². The SMILES string of the molecule is CN(Cc1cccc(C#N)c1)C(=O)c1ccccc1NC(=O)c1ccccc1. The van der Waals surface area contributed by atoms with Crippen LogP contribution in [0.2, 0.25) is 0 Å². The van der Waals surface area contributed by atoms with Gasteiger partial charge < -0.3 is 10.2 Å². The highest BCUT2D eigenvalue weighted by Gasteiger charge is 2.17. The van der Waals surface area contributed by atoms with Gasteiger partial charge in [0, 0.05) is 19.2 Å². The maximum atomic E-state index is 13.0. The zero-order chi connectivity index (χ0) is 19.9. The molecule has 0 radical (unpaired) electrons. The number of hydrogen-bond donors (Lipinski definition) is 1. The predicted molar refractivity (Wildman–Crippen MR) is 108 cm³/mol. The highest BCUT2D eigenvalue weighted by molar-refractivity contribution is 6.08. The summed E-state index contributed by atoms with van der Waals surface area (Å²) in [5, 5.41) is 11.8. The normalized spacial score (nSPS) is 10.0. The predicted octanol–water partition coefficient (Wildman–Crippen LogP) is 4.08. The lowest BCUT2D eigenvalue weighted by molar-refractivity contribution is 0.0786. The van der Waals surface area contributed by atoms with Gasteiger partial charge in [0.15, 0.2) is 0 Å². The van der Waals surface area contributed by atoms with Gasteiger partial charge in [0.05, 0.1) is 22.9 Å². The monoisotopic (exact) mass is 369 g/mol. The molecule has 0 atom stereocenters. The van der Waals surface area contributed by atoms with E-state index in [-0.39, 0.29) is 11.8 Å². The summed E-state index contributed by atoms with van der Waals surface area (Å²) in [6.45, 7) is 0.356. The number of carbonyl (C=O) groups is 2. The Hall–Kier alpha value is -3.91. The topological polar surface area (TPSA) is 73.2 Å². The molecule has 0 aromatic heterocycles. The van der Waals surface area contributed by atoms with Crippen LogP contribution in [0.4, 0.5) is 5.69 Å². The highest BCUT2D eigenvalue weighted by Crippen LogP contribution is 2.19. The third-order valence-corrected chi connectivity index (χ3v) is 4.26. The molecule has 0 aliphatic carbocycles. The Morgan fingerprint density at radius 2 is 1.68 bits per heavy atom. The van der Waals surface area contributed by atoms with E-state index in [1.807, 2.05) is 12.1 Å². The van der Waals surface area contributed by atoms with Crippen molar-refractivity contribution in [2.75, 3.05) is 12.4 Å². The van der Waals surface area contributed by atoms with Gasteiger partial charge in [-0.15, -0.1) is 0 Å². The van der Waals surface area contributed by atoms with Crippen LogP contribution in [0.25, 0.3) is 0 Å². The molecule has 5 heteroatoms. The Balaban J connectivity index is 1.78. The molecule has 2 amide bonds. The second-order valence-corrected chi connectivity index (χ2v) is 6.34. The largest absolute Gasteiger partial charge is 0.337 e. The van der Waals surface area contributed by atoms with Gasteiger partial charge in [-0.3, -0.25) is 9.59 Å². The Morgan fingerprint density at radius 3 is 2.43 bits per heavy atom. The quantitative estimate of drug-likeness (QED) is 0.736. The highest BCUT2D eigenvalue weighted by atomic mass is 16.2. The van der Waals surface area contributed by atoms with Crippen molar-refractivity contribution in [3.63, 3.8) is 0 Å². The van der Waals surface area contributed by atoms with Crippen molar-refractivity contribution in [2.24, 2.45) is 0 Å². The summed E-state index contributed by atoms with van der Waals surface area (Å²) in [6, 6.07) is 25.0. The van der Waals surface area contributed by atoms with Gasteiger partial charge in [0.2, 0.25) is 0 Å². The number of benzene rings is 3. The molecule has 28 heavy (non-hydrogen) atoms. The Bertz CT molecular complexity index is 1040. The van der Waals surface area contributed by atoms with Crippen LogP contribution in [0.15, 0.2) is 78.9 Å². The number of hydrogen-bond acceptors (Lipinski definition) is 3. The van der Waals surface area contributed by atoms with E-state index in [1.54, 1.807) is 78.7 Å². The Morgan fingerprint density at radius 1 is 0.964 bits per heavy atom. The number of amides is 2. The maximum absolute atomic E-state index is 13.0. The first-order valence-corrected chi connectivity index (χ1v) is 8.78. The summed E-state index contributed by atoms with van der Waals surface area (Å²) in [4.78, 5) is 27.0. The molecule has 0 heterocycles. The molecule has 0 saturated heterocycles. The number of nitrogens with zero attached hydrogens (tertiary/aromatic N) is 2. The molecular formula is C23H19N3O2. The van der Waals surface area contributed by atoms with E-state index in [1.165, 1.54) is 0 Å². The minimum Gasteiger partial charge on any atom is -0.337 e. The third kappa shape index (κ3) is 4.43. The van der Waals surface area contributed by atoms with E-state index in [0.717, 1.165) is 5.56 Å². The number of rotatable bonds is 5. The molecule has 0 fully saturated rings. The van der Waals surface area contributed by atoms with Gasteiger partial charge in [-0.1, -0.05) is 42.5 Å². The fourth-order valence-electron chi connectivity index (χ4n) is 2.85. The summed E-state index contributed by atoms with van der Waals surface area (Å²) in [5.41, 5.74) is 2.80. The average Bonchev–Trinajstić information content (AvgIpc) is 2.74. The maximum Gasteiger partial charge on any atom is 0.256 e. The molecule has 0 aliphatic heterocycles. The smallest absolute Gasteiger partial charge is 0.256 e. The number of nitrogens with one attached hydrogen (secondary N) is 1. The molecule has 3 rings (SSSR count). The van der Waals surface area contributed by atoms with Gasteiger partial charge in [-0.05, 0) is 42.0 Å². The fourth-order valence-corrected chi connectivity index (χ4v) is 2.85. The van der Waals surface area contributed by atoms with E-state index in [0.29, 0.717) is 28.9 Å². The van der Waals surface area contributed by atoms with E-state index in [9.17, 15) is 9.59 Å². The lowest BCUT2D eigenvalue weighted by atomic mass is 10.1. The van der Waals surface area contributed by atoms with Crippen molar-refractivity contribution < 1.29 is 9.59 Å². The zero-order valence-electron chi connectivity index (χ0n) is 15.4. The van der Waals surface area contributed by atoms with Gasteiger partial charge in [-0.2, -0.15) is 5.26 Å². The van der Waals surface area contributed by atoms with Crippen LogP contribution < -0.4 is 5.32 Å². The van der Waals surface area contributed by atoms with Crippen LogP contribution >= 0.6 is 0 Å². The minimum absolute atomic E-state index is 0.216. The molecule has 0 unspecified atom stereocenters. The van der Waals surface area contributed by atoms with E-state index < -0.39 is 0 Å². The fraction of sp³-hybridized carbons (Fsp3) is 0.0870. The molecule has 1 N–H and O–H groups in total. The number of anilines is 1. The van der Waals surface area contributed by atoms with Crippen molar-refractivity contribution in [3.8, 4) is 6.07 Å². The molecule has 3 aromatic carbocycles. The van der Waals surface area contributed by atoms with Crippen LogP contribution in [0.1, 0.15) is 31.8 Å². The van der Waals surface area contributed by atoms with Gasteiger partial charge in [-0.25, -0.2) is 0 Å². The Kier molecular flexibility index (Phi) is 5.83. The molecular weight excluding hydrogens is 350 g/mol. The first kappa shape index (κ1) is 18.9. The number of nitriles is 1. The molecule has 0 spiro atoms. The zero-order valence-corrected chi connectivity index (χ0v) is 15.4. The summed E-state index contributed by atoms with van der Waals surface area (Å²) in [7, 11) is 1.69. The van der Waals surface area contributed by atoms with Crippen LogP contribution in [-0.2, 0) is 6.54 Å². The first-order chi connectivity index (χ1) is 13.6. The van der Waals surface area contributed by atoms with Gasteiger partial charge >= 0.3 is 0 Å². The second kappa shape index (κ2) is 8.65. The summed E-state index contributed by atoms with van der Waals surface area (Å²) in [6.07, 6.45) is 0. The van der Waals surface area contributed by atoms with Crippen molar-refractivity contribution in [1.82, 2.24) is 4.90 Å². The van der Waals surface area contributed by atoms with Crippen molar-refractivity contribution >= 4 is 17.5 Å². The molecule has 5 nitrogen and oxygen atoms in total. The van der Waals surface area contributed by atoms with Gasteiger partial charge in [0.1, 0.15) is 0 Å². The summed E-state index contributed by atoms with van der Waals surface area (Å²) in [5.74, 6) is -0.489.